The minimum atomic E-state index is -1.01. The van der Waals surface area contributed by atoms with Crippen LogP contribution in [-0.4, -0.2) is 35.6 Å². The summed E-state index contributed by atoms with van der Waals surface area (Å²) in [6, 6.07) is -0.842. The fourth-order valence-corrected chi connectivity index (χ4v) is 0.949. The van der Waals surface area contributed by atoms with E-state index in [9.17, 15) is 9.59 Å². The van der Waals surface area contributed by atoms with Crippen molar-refractivity contribution < 1.29 is 14.7 Å². The van der Waals surface area contributed by atoms with Crippen LogP contribution in [0.25, 0.3) is 0 Å². The molecule has 3 N–H and O–H groups in total. The molecule has 0 aromatic heterocycles. The zero-order valence-electron chi connectivity index (χ0n) is 9.92. The first-order chi connectivity index (χ1) is 6.72. The molecule has 5 heteroatoms. The van der Waals surface area contributed by atoms with Crippen LogP contribution in [-0.2, 0) is 9.59 Å². The molecular weight excluding hydrogens is 196 g/mol. The van der Waals surface area contributed by atoms with Gasteiger partial charge in [0.1, 0.15) is 6.04 Å². The van der Waals surface area contributed by atoms with Crippen LogP contribution in [0.5, 0.6) is 0 Å². The Morgan fingerprint density at radius 2 is 1.73 bits per heavy atom. The van der Waals surface area contributed by atoms with Crippen molar-refractivity contribution >= 4 is 11.9 Å². The standard InChI is InChI=1S/C10H20N2O3/c1-6(2)7(8(13)14)12-9(15)10(3,4)11-5/h6-7,11H,1-5H3,(H,12,15)(H,13,14)/t7-/m0/s1. The van der Waals surface area contributed by atoms with Crippen LogP contribution >= 0.6 is 0 Å². The zero-order chi connectivity index (χ0) is 12.2. The van der Waals surface area contributed by atoms with E-state index in [-0.39, 0.29) is 11.8 Å². The smallest absolute Gasteiger partial charge is 0.326 e. The third-order valence-corrected chi connectivity index (χ3v) is 2.41. The van der Waals surface area contributed by atoms with Gasteiger partial charge in [-0.2, -0.15) is 0 Å². The molecule has 1 atom stereocenters. The lowest BCUT2D eigenvalue weighted by Crippen LogP contribution is -2.56. The van der Waals surface area contributed by atoms with Crippen LogP contribution in [0.1, 0.15) is 27.7 Å². The highest BCUT2D eigenvalue weighted by Gasteiger charge is 2.31. The molecule has 5 nitrogen and oxygen atoms in total. The van der Waals surface area contributed by atoms with Gasteiger partial charge in [0.2, 0.25) is 5.91 Å². The molecule has 0 aliphatic heterocycles. The molecule has 0 saturated heterocycles. The van der Waals surface area contributed by atoms with Gasteiger partial charge in [0.15, 0.2) is 0 Å². The summed E-state index contributed by atoms with van der Waals surface area (Å²) in [5, 5.41) is 14.2. The van der Waals surface area contributed by atoms with Crippen molar-refractivity contribution in [3.8, 4) is 0 Å². The second-order valence-electron chi connectivity index (χ2n) is 4.41. The second-order valence-corrected chi connectivity index (χ2v) is 4.41. The van der Waals surface area contributed by atoms with Crippen molar-refractivity contribution in [2.24, 2.45) is 5.92 Å². The highest BCUT2D eigenvalue weighted by molar-refractivity contribution is 5.89. The van der Waals surface area contributed by atoms with Gasteiger partial charge in [-0.25, -0.2) is 4.79 Å². The lowest BCUT2D eigenvalue weighted by atomic mass is 10.0. The van der Waals surface area contributed by atoms with E-state index < -0.39 is 17.6 Å². The number of aliphatic carboxylic acids is 1. The molecule has 0 aromatic carbocycles. The fourth-order valence-electron chi connectivity index (χ4n) is 0.949. The lowest BCUT2D eigenvalue weighted by Gasteiger charge is -2.26. The number of amides is 1. The zero-order valence-corrected chi connectivity index (χ0v) is 9.92. The number of carboxylic acid groups (broad SMARTS) is 1. The van der Waals surface area contributed by atoms with Gasteiger partial charge in [-0.3, -0.25) is 4.79 Å². The maximum absolute atomic E-state index is 11.7. The Morgan fingerprint density at radius 3 is 2.00 bits per heavy atom. The highest BCUT2D eigenvalue weighted by Crippen LogP contribution is 2.06. The molecule has 0 unspecified atom stereocenters. The van der Waals surface area contributed by atoms with E-state index in [1.807, 2.05) is 0 Å². The van der Waals surface area contributed by atoms with Crippen LogP contribution < -0.4 is 10.6 Å². The van der Waals surface area contributed by atoms with Crippen molar-refractivity contribution in [2.45, 2.75) is 39.3 Å². The van der Waals surface area contributed by atoms with E-state index in [2.05, 4.69) is 10.6 Å². The van der Waals surface area contributed by atoms with E-state index in [0.717, 1.165) is 0 Å². The molecule has 88 valence electrons. The minimum Gasteiger partial charge on any atom is -0.480 e. The fraction of sp³-hybridized carbons (Fsp3) is 0.800. The van der Waals surface area contributed by atoms with E-state index >= 15 is 0 Å². The van der Waals surface area contributed by atoms with Crippen molar-refractivity contribution in [3.05, 3.63) is 0 Å². The monoisotopic (exact) mass is 216 g/mol. The molecule has 0 spiro atoms. The first kappa shape index (κ1) is 13.9. The molecule has 0 saturated carbocycles. The summed E-state index contributed by atoms with van der Waals surface area (Å²) in [6.07, 6.45) is 0. The first-order valence-corrected chi connectivity index (χ1v) is 4.95. The summed E-state index contributed by atoms with van der Waals surface area (Å²) in [5.41, 5.74) is -0.761. The van der Waals surface area contributed by atoms with E-state index in [1.54, 1.807) is 34.7 Å². The third-order valence-electron chi connectivity index (χ3n) is 2.41. The SMILES string of the molecule is CNC(C)(C)C(=O)N[C@H](C(=O)O)C(C)C. The maximum Gasteiger partial charge on any atom is 0.326 e. The molecule has 0 rings (SSSR count). The summed E-state index contributed by atoms with van der Waals surface area (Å²) < 4.78 is 0. The molecule has 0 aromatic rings. The van der Waals surface area contributed by atoms with Crippen molar-refractivity contribution in [3.63, 3.8) is 0 Å². The Balaban J connectivity index is 4.57. The van der Waals surface area contributed by atoms with Gasteiger partial charge >= 0.3 is 5.97 Å². The average Bonchev–Trinajstić information content (AvgIpc) is 2.12. The Labute approximate surface area is 90.2 Å². The highest BCUT2D eigenvalue weighted by atomic mass is 16.4. The molecule has 0 bridgehead atoms. The molecule has 0 heterocycles. The van der Waals surface area contributed by atoms with Gasteiger partial charge in [-0.15, -0.1) is 0 Å². The Kier molecular flexibility index (Phi) is 4.74. The first-order valence-electron chi connectivity index (χ1n) is 4.95. The summed E-state index contributed by atoms with van der Waals surface area (Å²) in [7, 11) is 1.66. The van der Waals surface area contributed by atoms with Crippen LogP contribution in [0.15, 0.2) is 0 Å². The van der Waals surface area contributed by atoms with Crippen molar-refractivity contribution in [1.29, 1.82) is 0 Å². The maximum atomic E-state index is 11.7. The number of carbonyl (C=O) groups excluding carboxylic acids is 1. The summed E-state index contributed by atoms with van der Waals surface area (Å²) in [6.45, 7) is 6.90. The van der Waals surface area contributed by atoms with Crippen molar-refractivity contribution in [2.75, 3.05) is 7.05 Å². The molecule has 0 aliphatic rings. The molecule has 0 radical (unpaired) electrons. The predicted molar refractivity (Wildman–Crippen MR) is 57.5 cm³/mol. The number of hydrogen-bond donors (Lipinski definition) is 3. The molecule has 1 amide bonds. The normalized spacial score (nSPS) is 13.7. The number of carboxylic acids is 1. The predicted octanol–water partition coefficient (Wildman–Crippen LogP) is 0.210. The lowest BCUT2D eigenvalue weighted by molar-refractivity contribution is -0.144. The van der Waals surface area contributed by atoms with Gasteiger partial charge < -0.3 is 15.7 Å². The van der Waals surface area contributed by atoms with E-state index in [4.69, 9.17) is 5.11 Å². The van der Waals surface area contributed by atoms with Gasteiger partial charge in [-0.1, -0.05) is 13.8 Å². The minimum absolute atomic E-state index is 0.140. The van der Waals surface area contributed by atoms with Crippen LogP contribution in [0.2, 0.25) is 0 Å². The Bertz CT molecular complexity index is 249. The van der Waals surface area contributed by atoms with Crippen LogP contribution in [0.3, 0.4) is 0 Å². The molecule has 0 aliphatic carbocycles. The Hall–Kier alpha value is -1.10. The number of hydrogen-bond acceptors (Lipinski definition) is 3. The van der Waals surface area contributed by atoms with Gasteiger partial charge in [0.25, 0.3) is 0 Å². The van der Waals surface area contributed by atoms with Crippen LogP contribution in [0, 0.1) is 5.92 Å². The summed E-state index contributed by atoms with van der Waals surface area (Å²) in [5.74, 6) is -1.46. The number of carbonyl (C=O) groups is 2. The van der Waals surface area contributed by atoms with E-state index in [0.29, 0.717) is 0 Å². The quantitative estimate of drug-likeness (QED) is 0.614. The summed E-state index contributed by atoms with van der Waals surface area (Å²) >= 11 is 0. The Morgan fingerprint density at radius 1 is 1.27 bits per heavy atom. The van der Waals surface area contributed by atoms with E-state index in [1.165, 1.54) is 0 Å². The second kappa shape index (κ2) is 5.11. The average molecular weight is 216 g/mol. The number of nitrogens with one attached hydrogen (secondary N) is 2. The largest absolute Gasteiger partial charge is 0.480 e. The van der Waals surface area contributed by atoms with Gasteiger partial charge in [0, 0.05) is 0 Å². The molecular formula is C10H20N2O3. The third kappa shape index (κ3) is 3.87. The van der Waals surface area contributed by atoms with Gasteiger partial charge in [-0.05, 0) is 26.8 Å². The summed E-state index contributed by atoms with van der Waals surface area (Å²) in [4.78, 5) is 22.5. The number of likely N-dealkylation sites (N-methyl/N-ethyl adjacent to an activating group) is 1. The van der Waals surface area contributed by atoms with Crippen molar-refractivity contribution in [1.82, 2.24) is 10.6 Å². The van der Waals surface area contributed by atoms with Gasteiger partial charge in [0.05, 0.1) is 5.54 Å². The molecule has 0 fully saturated rings. The number of rotatable bonds is 5. The van der Waals surface area contributed by atoms with Crippen LogP contribution in [0.4, 0.5) is 0 Å². The topological polar surface area (TPSA) is 78.4 Å². The molecule has 15 heavy (non-hydrogen) atoms.